The van der Waals surface area contributed by atoms with Crippen LogP contribution in [-0.4, -0.2) is 55.9 Å². The number of piperidine rings is 1. The minimum Gasteiger partial charge on any atom is -0.350 e. The number of carbonyl (C=O) groups excluding carboxylic acids is 2. The van der Waals surface area contributed by atoms with Gasteiger partial charge in [0.2, 0.25) is 5.91 Å². The van der Waals surface area contributed by atoms with Crippen LogP contribution in [0.2, 0.25) is 0 Å². The Balaban J connectivity index is 1.40. The Labute approximate surface area is 147 Å². The number of ether oxygens (including phenoxy) is 2. The number of amides is 2. The van der Waals surface area contributed by atoms with E-state index >= 15 is 0 Å². The van der Waals surface area contributed by atoms with Crippen LogP contribution in [0.25, 0.3) is 0 Å². The van der Waals surface area contributed by atoms with Gasteiger partial charge in [-0.25, -0.2) is 0 Å². The highest BCUT2D eigenvalue weighted by Crippen LogP contribution is 2.27. The molecule has 0 spiro atoms. The molecule has 0 atom stereocenters. The molecule has 3 fully saturated rings. The van der Waals surface area contributed by atoms with Crippen LogP contribution in [0.3, 0.4) is 0 Å². The quantitative estimate of drug-likeness (QED) is 0.842. The summed E-state index contributed by atoms with van der Waals surface area (Å²) in [6.07, 6.45) is 3.19. The maximum absolute atomic E-state index is 12.8. The zero-order valence-electron chi connectivity index (χ0n) is 14.4. The van der Waals surface area contributed by atoms with E-state index < -0.39 is 0 Å². The van der Waals surface area contributed by atoms with Gasteiger partial charge in [-0.2, -0.15) is 0 Å². The van der Waals surface area contributed by atoms with Crippen LogP contribution < -0.4 is 4.90 Å². The Morgan fingerprint density at radius 2 is 1.84 bits per heavy atom. The Morgan fingerprint density at radius 3 is 2.52 bits per heavy atom. The molecular weight excluding hydrogens is 320 g/mol. The second-order valence-electron chi connectivity index (χ2n) is 6.94. The first-order chi connectivity index (χ1) is 12.2. The first-order valence-corrected chi connectivity index (χ1v) is 9.15. The van der Waals surface area contributed by atoms with Gasteiger partial charge in [0.05, 0.1) is 13.2 Å². The van der Waals surface area contributed by atoms with E-state index in [9.17, 15) is 9.59 Å². The Kier molecular flexibility index (Phi) is 4.72. The molecule has 3 saturated heterocycles. The van der Waals surface area contributed by atoms with Crippen molar-refractivity contribution in [3.63, 3.8) is 0 Å². The van der Waals surface area contributed by atoms with E-state index in [0.717, 1.165) is 44.6 Å². The molecule has 1 aromatic rings. The summed E-state index contributed by atoms with van der Waals surface area (Å²) in [5, 5.41) is 0. The molecule has 3 heterocycles. The average molecular weight is 344 g/mol. The minimum absolute atomic E-state index is 0.0419. The number of hydrogen-bond donors (Lipinski definition) is 0. The van der Waals surface area contributed by atoms with Gasteiger partial charge >= 0.3 is 0 Å². The Bertz CT molecular complexity index is 649. The van der Waals surface area contributed by atoms with E-state index in [1.807, 2.05) is 29.2 Å². The van der Waals surface area contributed by atoms with Gasteiger partial charge in [0.15, 0.2) is 6.29 Å². The molecule has 0 unspecified atom stereocenters. The second kappa shape index (κ2) is 7.14. The van der Waals surface area contributed by atoms with Gasteiger partial charge in [0.1, 0.15) is 0 Å². The Hall–Kier alpha value is -1.92. The van der Waals surface area contributed by atoms with Crippen molar-refractivity contribution >= 4 is 17.5 Å². The van der Waals surface area contributed by atoms with E-state index in [1.54, 1.807) is 4.90 Å². The molecular formula is C19H24N2O4. The molecule has 0 aromatic heterocycles. The molecule has 3 aliphatic rings. The van der Waals surface area contributed by atoms with Crippen molar-refractivity contribution < 1.29 is 19.1 Å². The summed E-state index contributed by atoms with van der Waals surface area (Å²) in [6, 6.07) is 7.45. The number of rotatable bonds is 3. The number of nitrogens with zero attached hydrogens (tertiary/aromatic N) is 2. The number of likely N-dealkylation sites (tertiary alicyclic amines) is 1. The monoisotopic (exact) mass is 344 g/mol. The normalized spacial score (nSPS) is 22.8. The fourth-order valence-corrected chi connectivity index (χ4v) is 3.93. The van der Waals surface area contributed by atoms with Crippen molar-refractivity contribution in [3.05, 3.63) is 29.8 Å². The fourth-order valence-electron chi connectivity index (χ4n) is 3.93. The predicted octanol–water partition coefficient (Wildman–Crippen LogP) is 2.04. The van der Waals surface area contributed by atoms with Crippen LogP contribution >= 0.6 is 0 Å². The molecule has 6 nitrogen and oxygen atoms in total. The largest absolute Gasteiger partial charge is 0.350 e. The van der Waals surface area contributed by atoms with E-state index in [2.05, 4.69) is 0 Å². The van der Waals surface area contributed by atoms with E-state index in [1.165, 1.54) is 0 Å². The molecule has 4 rings (SSSR count). The Morgan fingerprint density at radius 1 is 1.08 bits per heavy atom. The van der Waals surface area contributed by atoms with Crippen LogP contribution in [0.1, 0.15) is 36.0 Å². The van der Waals surface area contributed by atoms with Crippen LogP contribution in [0, 0.1) is 5.92 Å². The molecule has 0 radical (unpaired) electrons. The summed E-state index contributed by atoms with van der Waals surface area (Å²) in [5.74, 6) is 0.558. The molecule has 1 aromatic carbocycles. The third kappa shape index (κ3) is 3.41. The van der Waals surface area contributed by atoms with Gasteiger partial charge in [-0.3, -0.25) is 9.59 Å². The molecule has 3 aliphatic heterocycles. The van der Waals surface area contributed by atoms with Crippen molar-refractivity contribution in [2.75, 3.05) is 37.7 Å². The summed E-state index contributed by atoms with van der Waals surface area (Å²) in [4.78, 5) is 28.4. The molecule has 0 bridgehead atoms. The van der Waals surface area contributed by atoms with Gasteiger partial charge in [0, 0.05) is 43.2 Å². The zero-order valence-corrected chi connectivity index (χ0v) is 14.4. The zero-order chi connectivity index (χ0) is 17.2. The maximum Gasteiger partial charge on any atom is 0.253 e. The van der Waals surface area contributed by atoms with Crippen molar-refractivity contribution in [2.45, 2.75) is 32.0 Å². The van der Waals surface area contributed by atoms with E-state index in [0.29, 0.717) is 31.1 Å². The fraction of sp³-hybridized carbons (Fsp3) is 0.579. The lowest BCUT2D eigenvalue weighted by atomic mass is 9.95. The molecule has 25 heavy (non-hydrogen) atoms. The van der Waals surface area contributed by atoms with Crippen molar-refractivity contribution in [3.8, 4) is 0 Å². The number of benzene rings is 1. The van der Waals surface area contributed by atoms with E-state index in [4.69, 9.17) is 9.47 Å². The van der Waals surface area contributed by atoms with Gasteiger partial charge in [0.25, 0.3) is 5.91 Å². The number of hydrogen-bond acceptors (Lipinski definition) is 4. The van der Waals surface area contributed by atoms with Crippen molar-refractivity contribution in [1.29, 1.82) is 0 Å². The van der Waals surface area contributed by atoms with Gasteiger partial charge in [-0.15, -0.1) is 0 Å². The SMILES string of the molecule is O=C(c1cccc(N2CCCC2=O)c1)N1CCC(C2OCCO2)CC1. The highest BCUT2D eigenvalue weighted by Gasteiger charge is 2.32. The highest BCUT2D eigenvalue weighted by molar-refractivity contribution is 5.99. The average Bonchev–Trinajstić information content (AvgIpc) is 3.33. The van der Waals surface area contributed by atoms with Gasteiger partial charge < -0.3 is 19.3 Å². The van der Waals surface area contributed by atoms with Gasteiger partial charge in [-0.1, -0.05) is 6.07 Å². The van der Waals surface area contributed by atoms with Crippen molar-refractivity contribution in [1.82, 2.24) is 4.90 Å². The lowest BCUT2D eigenvalue weighted by Gasteiger charge is -2.34. The first-order valence-electron chi connectivity index (χ1n) is 9.15. The summed E-state index contributed by atoms with van der Waals surface area (Å²) < 4.78 is 11.2. The molecule has 6 heteroatoms. The smallest absolute Gasteiger partial charge is 0.253 e. The molecule has 134 valence electrons. The maximum atomic E-state index is 12.8. The third-order valence-corrected chi connectivity index (χ3v) is 5.34. The van der Waals surface area contributed by atoms with Crippen LogP contribution in [0.4, 0.5) is 5.69 Å². The van der Waals surface area contributed by atoms with Crippen LogP contribution in [0.5, 0.6) is 0 Å². The highest BCUT2D eigenvalue weighted by atomic mass is 16.7. The van der Waals surface area contributed by atoms with Gasteiger partial charge in [-0.05, 0) is 37.5 Å². The van der Waals surface area contributed by atoms with Crippen molar-refractivity contribution in [2.24, 2.45) is 5.92 Å². The minimum atomic E-state index is -0.0956. The summed E-state index contributed by atoms with van der Waals surface area (Å²) in [7, 11) is 0. The molecule has 2 amide bonds. The number of anilines is 1. The molecule has 0 aliphatic carbocycles. The summed E-state index contributed by atoms with van der Waals surface area (Å²) in [5.41, 5.74) is 1.49. The first kappa shape index (κ1) is 16.5. The predicted molar refractivity (Wildman–Crippen MR) is 92.3 cm³/mol. The van der Waals surface area contributed by atoms with Crippen LogP contribution in [0.15, 0.2) is 24.3 Å². The molecule has 0 saturated carbocycles. The summed E-state index contributed by atoms with van der Waals surface area (Å²) in [6.45, 7) is 3.53. The number of carbonyl (C=O) groups is 2. The third-order valence-electron chi connectivity index (χ3n) is 5.34. The van der Waals surface area contributed by atoms with E-state index in [-0.39, 0.29) is 18.1 Å². The standard InChI is InChI=1S/C19H24N2O4/c22-17-5-2-8-21(17)16-4-1-3-15(13-16)18(23)20-9-6-14(7-10-20)19-24-11-12-25-19/h1,3-4,13-14,19H,2,5-12H2. The summed E-state index contributed by atoms with van der Waals surface area (Å²) >= 11 is 0. The lowest BCUT2D eigenvalue weighted by Crippen LogP contribution is -2.41. The molecule has 0 N–H and O–H groups in total. The van der Waals surface area contributed by atoms with Crippen LogP contribution in [-0.2, 0) is 14.3 Å². The lowest BCUT2D eigenvalue weighted by molar-refractivity contribution is -0.117. The topological polar surface area (TPSA) is 59.1 Å². The second-order valence-corrected chi connectivity index (χ2v) is 6.94.